The molecule has 1 aliphatic carbocycles. The second kappa shape index (κ2) is 4.41. The van der Waals surface area contributed by atoms with Crippen molar-refractivity contribution in [2.45, 2.75) is 25.7 Å². The first kappa shape index (κ1) is 9.46. The molecule has 1 saturated carbocycles. The highest BCUT2D eigenvalue weighted by Crippen LogP contribution is 2.26. The summed E-state index contributed by atoms with van der Waals surface area (Å²) >= 11 is 6.64. The topological polar surface area (TPSA) is 17.1 Å². The van der Waals surface area contributed by atoms with Crippen molar-refractivity contribution < 1.29 is 4.79 Å². The van der Waals surface area contributed by atoms with Crippen molar-refractivity contribution in [3.05, 3.63) is 9.47 Å². The van der Waals surface area contributed by atoms with Gasteiger partial charge in [-0.1, -0.05) is 6.08 Å². The molecule has 0 atom stereocenters. The third-order valence-corrected chi connectivity index (χ3v) is 2.48. The second-order valence-corrected chi connectivity index (χ2v) is 5.61. The van der Waals surface area contributed by atoms with E-state index in [1.165, 1.54) is 0 Å². The predicted molar refractivity (Wildman–Crippen MR) is 52.9 cm³/mol. The molecular weight excluding hydrogens is 272 g/mol. The largest absolute Gasteiger partial charge is 0.300 e. The molecule has 3 heteroatoms. The Bertz CT molecular complexity index is 173. The van der Waals surface area contributed by atoms with Crippen molar-refractivity contribution in [1.29, 1.82) is 0 Å². The molecule has 0 heterocycles. The number of rotatable bonds is 1. The van der Waals surface area contributed by atoms with Crippen molar-refractivity contribution in [3.63, 3.8) is 0 Å². The van der Waals surface area contributed by atoms with E-state index in [9.17, 15) is 4.79 Å². The molecule has 1 nitrogen and oxygen atoms in total. The van der Waals surface area contributed by atoms with Crippen LogP contribution in [0.4, 0.5) is 0 Å². The zero-order valence-electron chi connectivity index (χ0n) is 6.15. The zero-order chi connectivity index (χ0) is 8.27. The van der Waals surface area contributed by atoms with Crippen molar-refractivity contribution in [2.24, 2.45) is 5.92 Å². The third-order valence-electron chi connectivity index (χ3n) is 1.95. The Morgan fingerprint density at radius 1 is 1.36 bits per heavy atom. The summed E-state index contributed by atoms with van der Waals surface area (Å²) in [6.45, 7) is 0. The van der Waals surface area contributed by atoms with E-state index >= 15 is 0 Å². The third kappa shape index (κ3) is 3.52. The Hall–Kier alpha value is 0.370. The Morgan fingerprint density at radius 3 is 2.36 bits per heavy atom. The fourth-order valence-corrected chi connectivity index (χ4v) is 2.05. The lowest BCUT2D eigenvalue weighted by molar-refractivity contribution is -0.120. The Labute approximate surface area is 83.5 Å². The van der Waals surface area contributed by atoms with E-state index in [-0.39, 0.29) is 0 Å². The number of halogens is 2. The predicted octanol–water partition coefficient (Wildman–Crippen LogP) is 3.38. The number of carbonyl (C=O) groups is 1. The van der Waals surface area contributed by atoms with Gasteiger partial charge in [-0.05, 0) is 50.6 Å². The normalized spacial score (nSPS) is 20.0. The van der Waals surface area contributed by atoms with Crippen molar-refractivity contribution in [2.75, 3.05) is 0 Å². The molecule has 0 aromatic heterocycles. The monoisotopic (exact) mass is 280 g/mol. The van der Waals surface area contributed by atoms with Gasteiger partial charge >= 0.3 is 0 Å². The molecule has 0 radical (unpaired) electrons. The fourth-order valence-electron chi connectivity index (χ4n) is 1.31. The minimum Gasteiger partial charge on any atom is -0.300 e. The molecule has 0 amide bonds. The number of ketones is 1. The van der Waals surface area contributed by atoms with Gasteiger partial charge in [0.25, 0.3) is 0 Å². The van der Waals surface area contributed by atoms with Crippen molar-refractivity contribution in [3.8, 4) is 0 Å². The van der Waals surface area contributed by atoms with Crippen LogP contribution in [-0.4, -0.2) is 5.78 Å². The molecule has 0 N–H and O–H groups in total. The van der Waals surface area contributed by atoms with E-state index in [0.717, 1.165) is 29.1 Å². The van der Waals surface area contributed by atoms with Gasteiger partial charge < -0.3 is 0 Å². The van der Waals surface area contributed by atoms with Gasteiger partial charge in [-0.2, -0.15) is 0 Å². The fraction of sp³-hybridized carbons (Fsp3) is 0.625. The van der Waals surface area contributed by atoms with Gasteiger partial charge in [0.15, 0.2) is 0 Å². The summed E-state index contributed by atoms with van der Waals surface area (Å²) in [5.74, 6) is 1.00. The van der Waals surface area contributed by atoms with Gasteiger partial charge in [0.1, 0.15) is 5.78 Å². The molecule has 0 bridgehead atoms. The summed E-state index contributed by atoms with van der Waals surface area (Å²) < 4.78 is 1.00. The molecule has 0 aromatic rings. The van der Waals surface area contributed by atoms with E-state index in [1.807, 2.05) is 0 Å². The van der Waals surface area contributed by atoms with Crippen LogP contribution in [-0.2, 0) is 4.79 Å². The minimum atomic E-state index is 0.417. The number of Topliss-reactive ketones (excluding diaryl/α,β-unsaturated/α-hetero) is 1. The first-order valence-corrected chi connectivity index (χ1v) is 5.31. The van der Waals surface area contributed by atoms with Crippen LogP contribution >= 0.6 is 31.9 Å². The van der Waals surface area contributed by atoms with E-state index in [2.05, 4.69) is 37.9 Å². The second-order valence-electron chi connectivity index (χ2n) is 2.83. The summed E-state index contributed by atoms with van der Waals surface area (Å²) in [4.78, 5) is 10.9. The quantitative estimate of drug-likeness (QED) is 0.720. The molecule has 1 aliphatic rings. The molecule has 0 unspecified atom stereocenters. The SMILES string of the molecule is O=C1CCC(C=C(Br)Br)CC1. The molecule has 1 rings (SSSR count). The first-order valence-electron chi connectivity index (χ1n) is 3.73. The summed E-state index contributed by atoms with van der Waals surface area (Å²) in [7, 11) is 0. The van der Waals surface area contributed by atoms with Gasteiger partial charge in [0, 0.05) is 12.8 Å². The molecular formula is C8H10Br2O. The highest BCUT2D eigenvalue weighted by atomic mass is 79.9. The average molecular weight is 282 g/mol. The van der Waals surface area contributed by atoms with Crippen LogP contribution in [0.25, 0.3) is 0 Å². The van der Waals surface area contributed by atoms with E-state index < -0.39 is 0 Å². The van der Waals surface area contributed by atoms with Crippen LogP contribution < -0.4 is 0 Å². The van der Waals surface area contributed by atoms with Crippen LogP contribution in [0.5, 0.6) is 0 Å². The maximum absolute atomic E-state index is 10.9. The highest BCUT2D eigenvalue weighted by Gasteiger charge is 2.16. The standard InChI is InChI=1S/C8H10Br2O/c9-8(10)5-6-1-3-7(11)4-2-6/h5-6H,1-4H2. The summed E-state index contributed by atoms with van der Waals surface area (Å²) in [5.41, 5.74) is 0. The highest BCUT2D eigenvalue weighted by molar-refractivity contribution is 9.28. The van der Waals surface area contributed by atoms with E-state index in [1.54, 1.807) is 0 Å². The maximum Gasteiger partial charge on any atom is 0.132 e. The van der Waals surface area contributed by atoms with Crippen LogP contribution in [0.15, 0.2) is 9.47 Å². The molecule has 0 spiro atoms. The van der Waals surface area contributed by atoms with E-state index in [0.29, 0.717) is 11.7 Å². The number of hydrogen-bond donors (Lipinski definition) is 0. The van der Waals surface area contributed by atoms with Gasteiger partial charge in [-0.25, -0.2) is 0 Å². The van der Waals surface area contributed by atoms with Gasteiger partial charge in [0.2, 0.25) is 0 Å². The van der Waals surface area contributed by atoms with Crippen LogP contribution in [0.2, 0.25) is 0 Å². The number of allylic oxidation sites excluding steroid dienone is 1. The lowest BCUT2D eigenvalue weighted by atomic mass is 9.89. The Morgan fingerprint density at radius 2 is 1.91 bits per heavy atom. The zero-order valence-corrected chi connectivity index (χ0v) is 9.32. The molecule has 62 valence electrons. The van der Waals surface area contributed by atoms with Gasteiger partial charge in [-0.15, -0.1) is 0 Å². The molecule has 0 aromatic carbocycles. The van der Waals surface area contributed by atoms with Crippen molar-refractivity contribution in [1.82, 2.24) is 0 Å². The summed E-state index contributed by atoms with van der Waals surface area (Å²) in [5, 5.41) is 0. The molecule has 0 saturated heterocycles. The first-order chi connectivity index (χ1) is 5.18. The van der Waals surface area contributed by atoms with Gasteiger partial charge in [0.05, 0.1) is 3.39 Å². The number of carbonyl (C=O) groups excluding carboxylic acids is 1. The Balaban J connectivity index is 2.39. The smallest absolute Gasteiger partial charge is 0.132 e. The maximum atomic E-state index is 10.9. The molecule has 1 fully saturated rings. The molecule has 11 heavy (non-hydrogen) atoms. The average Bonchev–Trinajstić information content (AvgIpc) is 1.93. The van der Waals surface area contributed by atoms with Crippen LogP contribution in [0.3, 0.4) is 0 Å². The lowest BCUT2D eigenvalue weighted by Crippen LogP contribution is -2.11. The lowest BCUT2D eigenvalue weighted by Gasteiger charge is -2.16. The van der Waals surface area contributed by atoms with Crippen LogP contribution in [0.1, 0.15) is 25.7 Å². The van der Waals surface area contributed by atoms with Gasteiger partial charge in [-0.3, -0.25) is 4.79 Å². The van der Waals surface area contributed by atoms with Crippen molar-refractivity contribution >= 4 is 37.6 Å². The minimum absolute atomic E-state index is 0.417. The Kier molecular flexibility index (Phi) is 3.79. The molecule has 0 aliphatic heterocycles. The summed E-state index contributed by atoms with van der Waals surface area (Å²) in [6, 6.07) is 0. The van der Waals surface area contributed by atoms with E-state index in [4.69, 9.17) is 0 Å². The number of hydrogen-bond acceptors (Lipinski definition) is 1. The van der Waals surface area contributed by atoms with Crippen LogP contribution in [0, 0.1) is 5.92 Å². The summed E-state index contributed by atoms with van der Waals surface area (Å²) in [6.07, 6.45) is 5.68.